The number of carbonyl (C=O) groups excluding carboxylic acids is 1. The first-order chi connectivity index (χ1) is 14.0. The van der Waals surface area contributed by atoms with Crippen molar-refractivity contribution in [3.8, 4) is 17.8 Å². The van der Waals surface area contributed by atoms with E-state index in [4.69, 9.17) is 13.7 Å². The van der Waals surface area contributed by atoms with E-state index in [1.165, 1.54) is 40.4 Å². The summed E-state index contributed by atoms with van der Waals surface area (Å²) in [5.74, 6) is -0.860. The number of nitrogens with zero attached hydrogens (tertiary/aromatic N) is 4. The Labute approximate surface area is 172 Å². The highest BCUT2D eigenvalue weighted by Gasteiger charge is 2.26. The van der Waals surface area contributed by atoms with Crippen LogP contribution in [0.15, 0.2) is 29.2 Å². The van der Waals surface area contributed by atoms with E-state index in [-0.39, 0.29) is 18.0 Å². The van der Waals surface area contributed by atoms with Crippen molar-refractivity contribution >= 4 is 32.3 Å². The molecule has 0 saturated carbocycles. The molecule has 2 amide bonds. The number of benzene rings is 1. The topological polar surface area (TPSA) is 179 Å². The maximum atomic E-state index is 12.6. The van der Waals surface area contributed by atoms with E-state index in [1.54, 1.807) is 4.72 Å². The lowest BCUT2D eigenvalue weighted by Gasteiger charge is -2.15. The van der Waals surface area contributed by atoms with E-state index in [0.717, 1.165) is 16.4 Å². The molecular formula is C14H18N6O8S2. The number of hydrogen-bond acceptors (Lipinski definition) is 11. The number of amides is 2. The Kier molecular flexibility index (Phi) is 6.96. The van der Waals surface area contributed by atoms with Gasteiger partial charge in [-0.05, 0) is 12.1 Å². The lowest BCUT2D eigenvalue weighted by Crippen LogP contribution is -2.35. The van der Waals surface area contributed by atoms with Crippen molar-refractivity contribution in [3.05, 3.63) is 24.3 Å². The molecule has 164 valence electrons. The van der Waals surface area contributed by atoms with E-state index in [1.807, 2.05) is 0 Å². The third-order valence-corrected chi connectivity index (χ3v) is 5.85. The lowest BCUT2D eigenvalue weighted by molar-refractivity contribution is 0.256. The number of para-hydroxylation sites is 1. The molecule has 0 fully saturated rings. The summed E-state index contributed by atoms with van der Waals surface area (Å²) in [6.45, 7) is 0. The Morgan fingerprint density at radius 1 is 0.967 bits per heavy atom. The molecule has 1 aromatic heterocycles. The maximum absolute atomic E-state index is 12.6. The standard InChI is InChI=1S/C14H18N6O8S2/c1-20(2)30(24,25)28-9-7-5-6-8-10(9)29(22,23)19-12(21)15-11-16-13(26-3)18-14(17-11)27-4/h5-8H,1-4H3,(H2,15,16,17,18,19,21). The zero-order valence-electron chi connectivity index (χ0n) is 16.2. The molecule has 0 bridgehead atoms. The highest BCUT2D eigenvalue weighted by Crippen LogP contribution is 2.25. The van der Waals surface area contributed by atoms with Gasteiger partial charge in [0.25, 0.3) is 10.0 Å². The lowest BCUT2D eigenvalue weighted by atomic mass is 10.3. The SMILES string of the molecule is COc1nc(NC(=O)NS(=O)(=O)c2ccccc2OS(=O)(=O)N(C)C)nc(OC)n1. The second kappa shape index (κ2) is 9.06. The van der Waals surface area contributed by atoms with Gasteiger partial charge in [-0.25, -0.2) is 17.9 Å². The molecule has 0 radical (unpaired) electrons. The second-order valence-corrected chi connectivity index (χ2v) is 8.87. The van der Waals surface area contributed by atoms with Crippen LogP contribution in [0.25, 0.3) is 0 Å². The highest BCUT2D eigenvalue weighted by molar-refractivity contribution is 7.90. The van der Waals surface area contributed by atoms with Gasteiger partial charge in [0.05, 0.1) is 14.2 Å². The predicted molar refractivity (Wildman–Crippen MR) is 102 cm³/mol. The number of urea groups is 1. The van der Waals surface area contributed by atoms with E-state index >= 15 is 0 Å². The first kappa shape index (κ1) is 23.0. The number of rotatable bonds is 8. The summed E-state index contributed by atoms with van der Waals surface area (Å²) in [5, 5.41) is 2.08. The third kappa shape index (κ3) is 5.65. The van der Waals surface area contributed by atoms with E-state index < -0.39 is 37.0 Å². The Morgan fingerprint density at radius 2 is 1.53 bits per heavy atom. The maximum Gasteiger partial charge on any atom is 0.384 e. The van der Waals surface area contributed by atoms with Crippen LogP contribution in [0.5, 0.6) is 17.8 Å². The molecule has 0 spiro atoms. The summed E-state index contributed by atoms with van der Waals surface area (Å²) in [7, 11) is -3.85. The summed E-state index contributed by atoms with van der Waals surface area (Å²) < 4.78 is 66.0. The Morgan fingerprint density at radius 3 is 2.07 bits per heavy atom. The van der Waals surface area contributed by atoms with Crippen LogP contribution >= 0.6 is 0 Å². The van der Waals surface area contributed by atoms with Crippen LogP contribution in [0.2, 0.25) is 0 Å². The molecule has 0 aliphatic carbocycles. The van der Waals surface area contributed by atoms with Crippen LogP contribution in [-0.4, -0.2) is 70.4 Å². The molecule has 30 heavy (non-hydrogen) atoms. The average molecular weight is 462 g/mol. The zero-order valence-corrected chi connectivity index (χ0v) is 17.8. The number of carbonyl (C=O) groups is 1. The monoisotopic (exact) mass is 462 g/mol. The molecule has 0 atom stereocenters. The van der Waals surface area contributed by atoms with Gasteiger partial charge < -0.3 is 13.7 Å². The van der Waals surface area contributed by atoms with Gasteiger partial charge in [0.15, 0.2) is 5.75 Å². The average Bonchev–Trinajstić information content (AvgIpc) is 2.66. The summed E-state index contributed by atoms with van der Waals surface area (Å²) in [4.78, 5) is 22.7. The number of aromatic nitrogens is 3. The minimum Gasteiger partial charge on any atom is -0.467 e. The fourth-order valence-electron chi connectivity index (χ4n) is 1.81. The second-order valence-electron chi connectivity index (χ2n) is 5.46. The normalized spacial score (nSPS) is 11.6. The summed E-state index contributed by atoms with van der Waals surface area (Å²) in [6, 6.07) is 3.25. The molecule has 0 saturated heterocycles. The minimum atomic E-state index is -4.54. The van der Waals surface area contributed by atoms with Crippen LogP contribution in [0.3, 0.4) is 0 Å². The van der Waals surface area contributed by atoms with Crippen molar-refractivity contribution in [3.63, 3.8) is 0 Å². The molecule has 1 heterocycles. The van der Waals surface area contributed by atoms with Gasteiger partial charge in [0, 0.05) is 14.1 Å². The van der Waals surface area contributed by atoms with Crippen molar-refractivity contribution < 1.29 is 35.3 Å². The molecule has 2 rings (SSSR count). The first-order valence-electron chi connectivity index (χ1n) is 7.87. The first-order valence-corrected chi connectivity index (χ1v) is 10.7. The van der Waals surface area contributed by atoms with Gasteiger partial charge in [-0.1, -0.05) is 12.1 Å². The quantitative estimate of drug-likeness (QED) is 0.520. The number of hydrogen-bond donors (Lipinski definition) is 2. The van der Waals surface area contributed by atoms with Crippen LogP contribution in [0, 0.1) is 0 Å². The zero-order chi connectivity index (χ0) is 22.5. The number of sulfonamides is 1. The van der Waals surface area contributed by atoms with E-state index in [0.29, 0.717) is 0 Å². The fourth-order valence-corrected chi connectivity index (χ4v) is 3.42. The van der Waals surface area contributed by atoms with Gasteiger partial charge in [0.2, 0.25) is 5.95 Å². The number of methoxy groups -OCH3 is 2. The summed E-state index contributed by atoms with van der Waals surface area (Å²) in [5.41, 5.74) is 0. The molecule has 2 N–H and O–H groups in total. The molecule has 1 aromatic carbocycles. The number of nitrogens with one attached hydrogen (secondary N) is 2. The highest BCUT2D eigenvalue weighted by atomic mass is 32.2. The van der Waals surface area contributed by atoms with E-state index in [2.05, 4.69) is 20.3 Å². The van der Waals surface area contributed by atoms with Crippen molar-refractivity contribution in [2.45, 2.75) is 4.90 Å². The molecule has 0 aliphatic heterocycles. The van der Waals surface area contributed by atoms with Crippen LogP contribution in [0.4, 0.5) is 10.7 Å². The van der Waals surface area contributed by atoms with Crippen molar-refractivity contribution in [2.24, 2.45) is 0 Å². The van der Waals surface area contributed by atoms with Gasteiger partial charge in [-0.3, -0.25) is 5.32 Å². The largest absolute Gasteiger partial charge is 0.467 e. The summed E-state index contributed by atoms with van der Waals surface area (Å²) in [6.07, 6.45) is 0. The van der Waals surface area contributed by atoms with E-state index in [9.17, 15) is 21.6 Å². The minimum absolute atomic E-state index is 0.187. The Bertz CT molecular complexity index is 1110. The Balaban J connectivity index is 2.26. The van der Waals surface area contributed by atoms with Crippen molar-refractivity contribution in [1.82, 2.24) is 24.0 Å². The van der Waals surface area contributed by atoms with Gasteiger partial charge in [-0.15, -0.1) is 4.98 Å². The molecule has 14 nitrogen and oxygen atoms in total. The molecule has 0 unspecified atom stereocenters. The molecule has 0 aliphatic rings. The van der Waals surface area contributed by atoms with Crippen LogP contribution in [-0.2, 0) is 20.3 Å². The summed E-state index contributed by atoms with van der Waals surface area (Å²) >= 11 is 0. The van der Waals surface area contributed by atoms with Gasteiger partial charge >= 0.3 is 28.4 Å². The molecular weight excluding hydrogens is 444 g/mol. The Hall–Kier alpha value is -3.24. The smallest absolute Gasteiger partial charge is 0.384 e. The third-order valence-electron chi connectivity index (χ3n) is 3.19. The van der Waals surface area contributed by atoms with Crippen LogP contribution in [0.1, 0.15) is 0 Å². The fraction of sp³-hybridized carbons (Fsp3) is 0.286. The molecule has 2 aromatic rings. The van der Waals surface area contributed by atoms with Crippen molar-refractivity contribution in [1.29, 1.82) is 0 Å². The van der Waals surface area contributed by atoms with Gasteiger partial charge in [0.1, 0.15) is 4.90 Å². The van der Waals surface area contributed by atoms with Crippen molar-refractivity contribution in [2.75, 3.05) is 33.6 Å². The predicted octanol–water partition coefficient (Wildman–Crippen LogP) is -0.416. The number of anilines is 1. The number of ether oxygens (including phenoxy) is 2. The van der Waals surface area contributed by atoms with Gasteiger partial charge in [-0.2, -0.15) is 22.7 Å². The molecule has 16 heteroatoms. The van der Waals surface area contributed by atoms with Crippen LogP contribution < -0.4 is 23.7 Å².